The number of nitrogen functional groups attached to an aromatic ring is 1. The van der Waals surface area contributed by atoms with E-state index in [1.54, 1.807) is 7.11 Å². The fourth-order valence-electron chi connectivity index (χ4n) is 3.16. The Morgan fingerprint density at radius 1 is 1.42 bits per heavy atom. The van der Waals surface area contributed by atoms with Crippen LogP contribution in [0.25, 0.3) is 0 Å². The first-order chi connectivity index (χ1) is 11.5. The molecule has 6 nitrogen and oxygen atoms in total. The molecule has 1 aliphatic rings. The molecule has 1 unspecified atom stereocenters. The van der Waals surface area contributed by atoms with E-state index in [9.17, 15) is 0 Å². The topological polar surface area (TPSA) is 77.2 Å². The van der Waals surface area contributed by atoms with Crippen molar-refractivity contribution in [2.75, 3.05) is 28.7 Å². The number of aromatic nitrogens is 3. The lowest BCUT2D eigenvalue weighted by molar-refractivity contribution is 0.406. The molecule has 2 aromatic heterocycles. The zero-order valence-corrected chi connectivity index (χ0v) is 16.7. The van der Waals surface area contributed by atoms with E-state index in [0.29, 0.717) is 17.6 Å². The minimum Gasteiger partial charge on any atom is -0.496 e. The van der Waals surface area contributed by atoms with Crippen LogP contribution in [0.2, 0.25) is 5.15 Å². The zero-order chi connectivity index (χ0) is 17.4. The molecule has 0 saturated carbocycles. The lowest BCUT2D eigenvalue weighted by atomic mass is 10.1. The minimum absolute atomic E-state index is 0.198. The van der Waals surface area contributed by atoms with Gasteiger partial charge in [-0.05, 0) is 13.8 Å². The average molecular weight is 460 g/mol. The number of nitrogens with zero attached hydrogens (tertiary/aromatic N) is 4. The van der Waals surface area contributed by atoms with Gasteiger partial charge in [0.2, 0.25) is 5.95 Å². The van der Waals surface area contributed by atoms with Gasteiger partial charge in [0.25, 0.3) is 0 Å². The summed E-state index contributed by atoms with van der Waals surface area (Å²) in [6, 6.07) is 0. The molecule has 0 radical (unpaired) electrons. The molecule has 8 heteroatoms. The average Bonchev–Trinajstić information content (AvgIpc) is 2.88. The second-order valence-corrected chi connectivity index (χ2v) is 7.13. The van der Waals surface area contributed by atoms with E-state index in [1.807, 2.05) is 20.0 Å². The first kappa shape index (κ1) is 17.5. The minimum atomic E-state index is 0.198. The van der Waals surface area contributed by atoms with Crippen molar-refractivity contribution in [1.82, 2.24) is 15.0 Å². The van der Waals surface area contributed by atoms with E-state index in [-0.39, 0.29) is 5.95 Å². The van der Waals surface area contributed by atoms with E-state index < -0.39 is 0 Å². The monoisotopic (exact) mass is 459 g/mol. The lowest BCUT2D eigenvalue weighted by Gasteiger charge is -2.20. The third-order valence-electron chi connectivity index (χ3n) is 4.32. The van der Waals surface area contributed by atoms with Crippen molar-refractivity contribution in [3.63, 3.8) is 0 Å². The van der Waals surface area contributed by atoms with Gasteiger partial charge in [-0.25, -0.2) is 4.98 Å². The number of hydrogen-bond donors (Lipinski definition) is 1. The lowest BCUT2D eigenvalue weighted by Crippen LogP contribution is -2.24. The molecule has 0 aromatic carbocycles. The Kier molecular flexibility index (Phi) is 5.00. The highest BCUT2D eigenvalue weighted by molar-refractivity contribution is 14.1. The second kappa shape index (κ2) is 6.87. The van der Waals surface area contributed by atoms with Crippen molar-refractivity contribution in [3.05, 3.63) is 33.7 Å². The van der Waals surface area contributed by atoms with Gasteiger partial charge in [0.05, 0.1) is 19.3 Å². The van der Waals surface area contributed by atoms with Gasteiger partial charge in [-0.1, -0.05) is 34.2 Å². The number of ether oxygens (including phenoxy) is 1. The molecule has 3 heterocycles. The summed E-state index contributed by atoms with van der Waals surface area (Å²) in [5.41, 5.74) is 9.82. The first-order valence-corrected chi connectivity index (χ1v) is 9.49. The molecule has 1 aliphatic heterocycles. The van der Waals surface area contributed by atoms with Crippen molar-refractivity contribution >= 4 is 46.0 Å². The number of hydrogen-bond acceptors (Lipinski definition) is 6. The van der Waals surface area contributed by atoms with Crippen LogP contribution < -0.4 is 15.4 Å². The van der Waals surface area contributed by atoms with Crippen LogP contribution in [0.15, 0.2) is 6.20 Å². The van der Waals surface area contributed by atoms with Crippen molar-refractivity contribution < 1.29 is 4.74 Å². The highest BCUT2D eigenvalue weighted by atomic mass is 127. The summed E-state index contributed by atoms with van der Waals surface area (Å²) in [4.78, 5) is 15.3. The van der Waals surface area contributed by atoms with E-state index >= 15 is 0 Å². The maximum Gasteiger partial charge on any atom is 0.223 e. The van der Waals surface area contributed by atoms with Crippen LogP contribution in [-0.4, -0.2) is 33.0 Å². The number of nitrogens with two attached hydrogens (primary N) is 1. The van der Waals surface area contributed by atoms with Crippen molar-refractivity contribution in [3.8, 4) is 5.75 Å². The number of fused-ring (bicyclic) bond motifs is 1. The van der Waals surface area contributed by atoms with Gasteiger partial charge in [-0.3, -0.25) is 4.98 Å². The second-order valence-electron chi connectivity index (χ2n) is 5.89. The molecule has 1 atom stereocenters. The Hall–Kier alpha value is -1.35. The molecule has 128 valence electrons. The quantitative estimate of drug-likeness (QED) is 0.430. The number of anilines is 2. The molecule has 0 aliphatic carbocycles. The molecule has 3 rings (SSSR count). The Labute approximate surface area is 159 Å². The Bertz CT molecular complexity index is 786. The van der Waals surface area contributed by atoms with Gasteiger partial charge in [-0.15, -0.1) is 0 Å². The molecule has 0 bridgehead atoms. The number of methoxy groups -OCH3 is 1. The zero-order valence-electron chi connectivity index (χ0n) is 13.8. The van der Waals surface area contributed by atoms with Crippen LogP contribution >= 0.6 is 34.2 Å². The molecule has 0 spiro atoms. The Morgan fingerprint density at radius 3 is 2.83 bits per heavy atom. The molecule has 2 aromatic rings. The molecular formula is C16H19ClIN5O. The Morgan fingerprint density at radius 2 is 2.17 bits per heavy atom. The highest BCUT2D eigenvalue weighted by Crippen LogP contribution is 2.41. The number of pyridine rings is 1. The fourth-order valence-corrected chi connectivity index (χ4v) is 4.20. The van der Waals surface area contributed by atoms with Crippen molar-refractivity contribution in [2.45, 2.75) is 26.3 Å². The van der Waals surface area contributed by atoms with Gasteiger partial charge in [0.1, 0.15) is 16.7 Å². The SMILES string of the molecule is COc1c(C)cnc(CN2CC(CI)c3c(Cl)nc(N)nc32)c1C. The molecule has 24 heavy (non-hydrogen) atoms. The van der Waals surface area contributed by atoms with Crippen LogP contribution in [0.3, 0.4) is 0 Å². The van der Waals surface area contributed by atoms with Crippen LogP contribution in [0.4, 0.5) is 11.8 Å². The molecule has 2 N–H and O–H groups in total. The third kappa shape index (κ3) is 2.99. The molecule has 0 fully saturated rings. The summed E-state index contributed by atoms with van der Waals surface area (Å²) in [5.74, 6) is 2.19. The molecular weight excluding hydrogens is 441 g/mol. The summed E-state index contributed by atoms with van der Waals surface area (Å²) in [6.07, 6.45) is 1.84. The van der Waals surface area contributed by atoms with Gasteiger partial charge in [-0.2, -0.15) is 4.98 Å². The maximum absolute atomic E-state index is 6.32. The van der Waals surface area contributed by atoms with Gasteiger partial charge < -0.3 is 15.4 Å². The summed E-state index contributed by atoms with van der Waals surface area (Å²) in [7, 11) is 1.68. The van der Waals surface area contributed by atoms with E-state index in [2.05, 4.69) is 42.4 Å². The smallest absolute Gasteiger partial charge is 0.223 e. The number of rotatable bonds is 4. The van der Waals surface area contributed by atoms with Gasteiger partial charge >= 0.3 is 0 Å². The van der Waals surface area contributed by atoms with Crippen molar-refractivity contribution in [1.29, 1.82) is 0 Å². The van der Waals surface area contributed by atoms with Crippen LogP contribution in [0.1, 0.15) is 28.3 Å². The summed E-state index contributed by atoms with van der Waals surface area (Å²) in [6.45, 7) is 5.48. The van der Waals surface area contributed by atoms with Crippen LogP contribution in [0, 0.1) is 13.8 Å². The van der Waals surface area contributed by atoms with Crippen molar-refractivity contribution in [2.24, 2.45) is 0 Å². The molecule has 0 saturated heterocycles. The summed E-state index contributed by atoms with van der Waals surface area (Å²) in [5, 5.41) is 0.452. The number of alkyl halides is 1. The highest BCUT2D eigenvalue weighted by Gasteiger charge is 2.33. The fraction of sp³-hybridized carbons (Fsp3) is 0.438. The predicted molar refractivity (Wildman–Crippen MR) is 104 cm³/mol. The summed E-state index contributed by atoms with van der Waals surface area (Å²) < 4.78 is 6.45. The van der Waals surface area contributed by atoms with Gasteiger partial charge in [0, 0.05) is 39.8 Å². The van der Waals surface area contributed by atoms with Gasteiger partial charge in [0.15, 0.2) is 0 Å². The number of aryl methyl sites for hydroxylation is 1. The van der Waals surface area contributed by atoms with E-state index in [1.165, 1.54) is 0 Å². The largest absolute Gasteiger partial charge is 0.496 e. The van der Waals surface area contributed by atoms with Crippen LogP contribution in [0.5, 0.6) is 5.75 Å². The normalized spacial score (nSPS) is 16.4. The maximum atomic E-state index is 6.32. The van der Waals surface area contributed by atoms with E-state index in [0.717, 1.165) is 44.9 Å². The standard InChI is InChI=1S/C16H19ClIN5O/c1-8-5-20-11(9(2)13(8)24-3)7-23-6-10(4-18)12-14(17)21-16(19)22-15(12)23/h5,10H,4,6-7H2,1-3H3,(H2,19,21,22). The Balaban J connectivity index is 1.99. The summed E-state index contributed by atoms with van der Waals surface area (Å²) >= 11 is 8.69. The van der Waals surface area contributed by atoms with Crippen LogP contribution in [-0.2, 0) is 6.54 Å². The predicted octanol–water partition coefficient (Wildman–Crippen LogP) is 3.27. The third-order valence-corrected chi connectivity index (χ3v) is 5.67. The number of halogens is 2. The van der Waals surface area contributed by atoms with E-state index in [4.69, 9.17) is 22.1 Å². The molecule has 0 amide bonds. The first-order valence-electron chi connectivity index (χ1n) is 7.59.